The molecule has 0 saturated carbocycles. The minimum atomic E-state index is -0.452. The molecule has 4 aromatic rings. The molecule has 168 valence electrons. The standard InChI is InChI=1S/C24H17BrCl2N2O4/c1-31-22-9-14(3-6-21(22)32-13-15-2-5-18(26)19(27)8-15)12-28-29-24(30)23-11-16-10-17(25)4-7-20(16)33-23/h2-12H,13H2,1H3,(H,29,30)/b28-12+. The van der Waals surface area contributed by atoms with Gasteiger partial charge in [0.05, 0.1) is 23.4 Å². The van der Waals surface area contributed by atoms with Crippen molar-refractivity contribution in [2.24, 2.45) is 5.10 Å². The van der Waals surface area contributed by atoms with Gasteiger partial charge in [0.25, 0.3) is 0 Å². The van der Waals surface area contributed by atoms with Crippen molar-refractivity contribution >= 4 is 62.2 Å². The van der Waals surface area contributed by atoms with Crippen LogP contribution in [0.1, 0.15) is 21.7 Å². The molecular formula is C24H17BrCl2N2O4. The molecule has 6 nitrogen and oxygen atoms in total. The molecular weight excluding hydrogens is 531 g/mol. The third-order valence-corrected chi connectivity index (χ3v) is 5.88. The number of hydrogen-bond donors (Lipinski definition) is 1. The van der Waals surface area contributed by atoms with Gasteiger partial charge in [0, 0.05) is 9.86 Å². The van der Waals surface area contributed by atoms with Gasteiger partial charge in [-0.1, -0.05) is 45.2 Å². The minimum Gasteiger partial charge on any atom is -0.493 e. The highest BCUT2D eigenvalue weighted by molar-refractivity contribution is 9.10. The summed E-state index contributed by atoms with van der Waals surface area (Å²) >= 11 is 15.4. The molecule has 0 aliphatic heterocycles. The van der Waals surface area contributed by atoms with E-state index >= 15 is 0 Å². The Balaban J connectivity index is 1.40. The Kier molecular flexibility index (Phi) is 7.23. The van der Waals surface area contributed by atoms with Crippen molar-refractivity contribution in [3.8, 4) is 11.5 Å². The van der Waals surface area contributed by atoms with E-state index in [0.717, 1.165) is 15.4 Å². The fraction of sp³-hybridized carbons (Fsp3) is 0.0833. The van der Waals surface area contributed by atoms with Crippen LogP contribution in [-0.2, 0) is 6.61 Å². The van der Waals surface area contributed by atoms with E-state index in [1.807, 2.05) is 18.2 Å². The van der Waals surface area contributed by atoms with Crippen LogP contribution in [0.2, 0.25) is 10.0 Å². The van der Waals surface area contributed by atoms with Gasteiger partial charge in [-0.3, -0.25) is 4.79 Å². The van der Waals surface area contributed by atoms with E-state index in [1.54, 1.807) is 49.6 Å². The van der Waals surface area contributed by atoms with Crippen LogP contribution >= 0.6 is 39.1 Å². The molecule has 1 N–H and O–H groups in total. The third kappa shape index (κ3) is 5.68. The van der Waals surface area contributed by atoms with Crippen LogP contribution in [0.25, 0.3) is 11.0 Å². The number of methoxy groups -OCH3 is 1. The van der Waals surface area contributed by atoms with Gasteiger partial charge in [-0.2, -0.15) is 5.10 Å². The Morgan fingerprint density at radius 1 is 1.06 bits per heavy atom. The summed E-state index contributed by atoms with van der Waals surface area (Å²) in [5.41, 5.74) is 4.66. The predicted octanol–water partition coefficient (Wildman–Crippen LogP) is 6.85. The van der Waals surface area contributed by atoms with Crippen LogP contribution in [0, 0.1) is 0 Å². The summed E-state index contributed by atoms with van der Waals surface area (Å²) in [6.45, 7) is 0.296. The van der Waals surface area contributed by atoms with Crippen molar-refractivity contribution < 1.29 is 18.7 Å². The average Bonchev–Trinajstić information content (AvgIpc) is 3.23. The number of ether oxygens (including phenoxy) is 2. The summed E-state index contributed by atoms with van der Waals surface area (Å²) in [6.07, 6.45) is 1.50. The number of nitrogens with one attached hydrogen (secondary N) is 1. The molecule has 0 spiro atoms. The molecule has 1 amide bonds. The summed E-state index contributed by atoms with van der Waals surface area (Å²) in [6, 6.07) is 17.8. The molecule has 0 saturated heterocycles. The molecule has 0 aliphatic carbocycles. The minimum absolute atomic E-state index is 0.170. The highest BCUT2D eigenvalue weighted by atomic mass is 79.9. The number of nitrogens with zero attached hydrogens (tertiary/aromatic N) is 1. The third-order valence-electron chi connectivity index (χ3n) is 4.65. The molecule has 1 heterocycles. The van der Waals surface area contributed by atoms with Gasteiger partial charge < -0.3 is 13.9 Å². The van der Waals surface area contributed by atoms with Crippen LogP contribution in [0.4, 0.5) is 0 Å². The lowest BCUT2D eigenvalue weighted by atomic mass is 10.2. The normalized spacial score (nSPS) is 11.2. The molecule has 0 bridgehead atoms. The van der Waals surface area contributed by atoms with Gasteiger partial charge in [0.15, 0.2) is 17.3 Å². The Bertz CT molecular complexity index is 1350. The fourth-order valence-corrected chi connectivity index (χ4v) is 3.72. The molecule has 0 aliphatic rings. The van der Waals surface area contributed by atoms with E-state index in [2.05, 4.69) is 26.5 Å². The number of carbonyl (C=O) groups is 1. The van der Waals surface area contributed by atoms with Crippen molar-refractivity contribution in [3.05, 3.63) is 92.1 Å². The quantitative estimate of drug-likeness (QED) is 0.203. The zero-order valence-corrected chi connectivity index (χ0v) is 20.4. The summed E-state index contributed by atoms with van der Waals surface area (Å²) < 4.78 is 17.7. The van der Waals surface area contributed by atoms with Gasteiger partial charge >= 0.3 is 5.91 Å². The van der Waals surface area contributed by atoms with Gasteiger partial charge in [-0.25, -0.2) is 5.43 Å². The lowest BCUT2D eigenvalue weighted by molar-refractivity contribution is 0.0929. The van der Waals surface area contributed by atoms with Crippen molar-refractivity contribution in [1.82, 2.24) is 5.43 Å². The summed E-state index contributed by atoms with van der Waals surface area (Å²) in [5.74, 6) is 0.794. The molecule has 33 heavy (non-hydrogen) atoms. The van der Waals surface area contributed by atoms with E-state index in [-0.39, 0.29) is 5.76 Å². The number of hydrogen-bond acceptors (Lipinski definition) is 5. The highest BCUT2D eigenvalue weighted by Crippen LogP contribution is 2.29. The maximum Gasteiger partial charge on any atom is 0.307 e. The Morgan fingerprint density at radius 3 is 2.70 bits per heavy atom. The van der Waals surface area contributed by atoms with E-state index in [4.69, 9.17) is 37.1 Å². The monoisotopic (exact) mass is 546 g/mol. The number of halogens is 3. The fourth-order valence-electron chi connectivity index (χ4n) is 3.02. The van der Waals surface area contributed by atoms with Crippen LogP contribution in [0.15, 0.2) is 74.7 Å². The zero-order valence-electron chi connectivity index (χ0n) is 17.3. The molecule has 0 atom stereocenters. The van der Waals surface area contributed by atoms with Crippen LogP contribution in [0.3, 0.4) is 0 Å². The van der Waals surface area contributed by atoms with E-state index in [0.29, 0.717) is 39.3 Å². The van der Waals surface area contributed by atoms with Crippen molar-refractivity contribution in [2.75, 3.05) is 7.11 Å². The second kappa shape index (κ2) is 10.3. The van der Waals surface area contributed by atoms with Crippen molar-refractivity contribution in [2.45, 2.75) is 6.61 Å². The summed E-state index contributed by atoms with van der Waals surface area (Å²) in [5, 5.41) is 5.78. The number of hydrazone groups is 1. The number of amides is 1. The maximum absolute atomic E-state index is 12.3. The predicted molar refractivity (Wildman–Crippen MR) is 133 cm³/mol. The first-order valence-electron chi connectivity index (χ1n) is 9.70. The Hall–Kier alpha value is -3.00. The summed E-state index contributed by atoms with van der Waals surface area (Å²) in [4.78, 5) is 12.3. The molecule has 0 fully saturated rings. The van der Waals surface area contributed by atoms with Crippen LogP contribution in [-0.4, -0.2) is 19.2 Å². The lowest BCUT2D eigenvalue weighted by Gasteiger charge is -2.11. The van der Waals surface area contributed by atoms with Gasteiger partial charge in [0.1, 0.15) is 12.2 Å². The van der Waals surface area contributed by atoms with Crippen molar-refractivity contribution in [3.63, 3.8) is 0 Å². The molecule has 3 aromatic carbocycles. The van der Waals surface area contributed by atoms with Gasteiger partial charge in [0.2, 0.25) is 0 Å². The number of fused-ring (bicyclic) bond motifs is 1. The topological polar surface area (TPSA) is 73.1 Å². The summed E-state index contributed by atoms with van der Waals surface area (Å²) in [7, 11) is 1.55. The maximum atomic E-state index is 12.3. The van der Waals surface area contributed by atoms with E-state index in [9.17, 15) is 4.79 Å². The Labute approximate surface area is 208 Å². The zero-order chi connectivity index (χ0) is 23.4. The highest BCUT2D eigenvalue weighted by Gasteiger charge is 2.12. The first kappa shape index (κ1) is 23.2. The molecule has 9 heteroatoms. The van der Waals surface area contributed by atoms with E-state index in [1.165, 1.54) is 6.21 Å². The average molecular weight is 548 g/mol. The van der Waals surface area contributed by atoms with E-state index < -0.39 is 5.91 Å². The smallest absolute Gasteiger partial charge is 0.307 e. The first-order valence-corrected chi connectivity index (χ1v) is 11.2. The molecule has 0 unspecified atom stereocenters. The lowest BCUT2D eigenvalue weighted by Crippen LogP contribution is -2.16. The largest absolute Gasteiger partial charge is 0.493 e. The number of benzene rings is 3. The number of carbonyl (C=O) groups excluding carboxylic acids is 1. The van der Waals surface area contributed by atoms with Gasteiger partial charge in [-0.05, 0) is 65.7 Å². The SMILES string of the molecule is COc1cc(/C=N/NC(=O)c2cc3cc(Br)ccc3o2)ccc1OCc1ccc(Cl)c(Cl)c1. The van der Waals surface area contributed by atoms with Crippen LogP contribution in [0.5, 0.6) is 11.5 Å². The van der Waals surface area contributed by atoms with Crippen LogP contribution < -0.4 is 14.9 Å². The second-order valence-corrected chi connectivity index (χ2v) is 8.67. The molecule has 1 aromatic heterocycles. The first-order chi connectivity index (χ1) is 15.9. The second-order valence-electron chi connectivity index (χ2n) is 6.94. The number of rotatable bonds is 7. The molecule has 4 rings (SSSR count). The van der Waals surface area contributed by atoms with Crippen molar-refractivity contribution in [1.29, 1.82) is 0 Å². The molecule has 0 radical (unpaired) electrons. The Morgan fingerprint density at radius 2 is 1.91 bits per heavy atom. The number of furan rings is 1. The van der Waals surface area contributed by atoms with Gasteiger partial charge in [-0.15, -0.1) is 0 Å².